The highest BCUT2D eigenvalue weighted by Gasteiger charge is 2.47. The summed E-state index contributed by atoms with van der Waals surface area (Å²) >= 11 is 0. The van der Waals surface area contributed by atoms with Crippen molar-refractivity contribution >= 4 is 5.97 Å². The molecule has 14 heavy (non-hydrogen) atoms. The van der Waals surface area contributed by atoms with Crippen LogP contribution in [0.5, 0.6) is 0 Å². The zero-order chi connectivity index (χ0) is 9.71. The van der Waals surface area contributed by atoms with Crippen LogP contribution in [0.3, 0.4) is 0 Å². The van der Waals surface area contributed by atoms with Gasteiger partial charge < -0.3 is 4.74 Å². The summed E-state index contributed by atoms with van der Waals surface area (Å²) in [6.07, 6.45) is 9.05. The monoisotopic (exact) mass is 190 g/mol. The first kappa shape index (κ1) is 8.27. The number of esters is 1. The van der Waals surface area contributed by atoms with Crippen LogP contribution < -0.4 is 0 Å². The first-order chi connectivity index (χ1) is 6.79. The van der Waals surface area contributed by atoms with Crippen molar-refractivity contribution < 1.29 is 9.53 Å². The maximum Gasteiger partial charge on any atom is 0.333 e. The van der Waals surface area contributed by atoms with E-state index < -0.39 is 0 Å². The van der Waals surface area contributed by atoms with Gasteiger partial charge in [0.25, 0.3) is 0 Å². The molecule has 1 saturated carbocycles. The van der Waals surface area contributed by atoms with E-state index in [1.54, 1.807) is 0 Å². The molecule has 0 aromatic rings. The fraction of sp³-hybridized carbons (Fsp3) is 0.583. The van der Waals surface area contributed by atoms with E-state index >= 15 is 0 Å². The molecule has 74 valence electrons. The van der Waals surface area contributed by atoms with Crippen LogP contribution in [0.1, 0.15) is 12.8 Å². The van der Waals surface area contributed by atoms with Crippen LogP contribution in [0.15, 0.2) is 23.8 Å². The van der Waals surface area contributed by atoms with Crippen LogP contribution >= 0.6 is 0 Å². The quantitative estimate of drug-likeness (QED) is 0.466. The van der Waals surface area contributed by atoms with Gasteiger partial charge in [0.2, 0.25) is 0 Å². The Balaban J connectivity index is 1.85. The highest BCUT2D eigenvalue weighted by molar-refractivity contribution is 5.89. The highest BCUT2D eigenvalue weighted by Crippen LogP contribution is 2.54. The third kappa shape index (κ3) is 0.941. The van der Waals surface area contributed by atoms with Crippen molar-refractivity contribution in [1.82, 2.24) is 0 Å². The molecule has 2 heteroatoms. The summed E-state index contributed by atoms with van der Waals surface area (Å²) < 4.78 is 4.76. The fourth-order valence-corrected chi connectivity index (χ4v) is 3.33. The Hall–Kier alpha value is -1.05. The van der Waals surface area contributed by atoms with Gasteiger partial charge in [0.15, 0.2) is 0 Å². The minimum atomic E-state index is -0.126. The Kier molecular flexibility index (Phi) is 1.61. The molecular weight excluding hydrogens is 176 g/mol. The van der Waals surface area contributed by atoms with E-state index in [0.717, 1.165) is 17.9 Å². The van der Waals surface area contributed by atoms with Crippen LogP contribution in [0.25, 0.3) is 0 Å². The average Bonchev–Trinajstić information content (AvgIpc) is 2.87. The van der Waals surface area contributed by atoms with E-state index in [1.807, 2.05) is 0 Å². The molecule has 0 aliphatic heterocycles. The van der Waals surface area contributed by atoms with Gasteiger partial charge >= 0.3 is 5.97 Å². The largest absolute Gasteiger partial charge is 0.466 e. The first-order valence-electron chi connectivity index (χ1n) is 5.27. The number of carbonyl (C=O) groups is 1. The molecule has 1 fully saturated rings. The van der Waals surface area contributed by atoms with Crippen molar-refractivity contribution in [3.05, 3.63) is 23.8 Å². The van der Waals surface area contributed by atoms with Crippen LogP contribution in [-0.4, -0.2) is 13.1 Å². The Morgan fingerprint density at radius 3 is 2.93 bits per heavy atom. The van der Waals surface area contributed by atoms with E-state index in [0.29, 0.717) is 17.8 Å². The molecule has 0 spiro atoms. The molecule has 0 radical (unpaired) electrons. The van der Waals surface area contributed by atoms with Crippen LogP contribution in [0.2, 0.25) is 0 Å². The van der Waals surface area contributed by atoms with E-state index in [-0.39, 0.29) is 5.97 Å². The Labute approximate surface area is 83.6 Å². The van der Waals surface area contributed by atoms with Crippen molar-refractivity contribution in [3.8, 4) is 0 Å². The summed E-state index contributed by atoms with van der Waals surface area (Å²) in [5.74, 6) is 2.62. The highest BCUT2D eigenvalue weighted by atomic mass is 16.5. The zero-order valence-electron chi connectivity index (χ0n) is 8.27. The Morgan fingerprint density at radius 1 is 1.43 bits per heavy atom. The molecule has 0 N–H and O–H groups in total. The van der Waals surface area contributed by atoms with Crippen LogP contribution in [0, 0.1) is 23.7 Å². The Morgan fingerprint density at radius 2 is 2.21 bits per heavy atom. The molecule has 0 aromatic carbocycles. The van der Waals surface area contributed by atoms with Gasteiger partial charge in [-0.1, -0.05) is 18.2 Å². The second-order valence-electron chi connectivity index (χ2n) is 4.58. The maximum atomic E-state index is 11.4. The van der Waals surface area contributed by atoms with Gasteiger partial charge in [0.05, 0.1) is 7.11 Å². The van der Waals surface area contributed by atoms with Crippen LogP contribution in [-0.2, 0) is 9.53 Å². The van der Waals surface area contributed by atoms with Gasteiger partial charge in [-0.15, -0.1) is 0 Å². The average molecular weight is 190 g/mol. The van der Waals surface area contributed by atoms with Crippen molar-refractivity contribution in [2.75, 3.05) is 7.11 Å². The number of methoxy groups -OCH3 is 1. The van der Waals surface area contributed by atoms with E-state index in [4.69, 9.17) is 4.74 Å². The number of allylic oxidation sites excluding steroid dienone is 3. The smallest absolute Gasteiger partial charge is 0.333 e. The van der Waals surface area contributed by atoms with Crippen LogP contribution in [0.4, 0.5) is 0 Å². The van der Waals surface area contributed by atoms with Crippen molar-refractivity contribution in [2.24, 2.45) is 23.7 Å². The number of ether oxygens (including phenoxy) is 1. The fourth-order valence-electron chi connectivity index (χ4n) is 3.33. The van der Waals surface area contributed by atoms with E-state index in [2.05, 4.69) is 18.2 Å². The third-order valence-corrected chi connectivity index (χ3v) is 3.99. The number of rotatable bonds is 1. The molecule has 0 saturated heterocycles. The van der Waals surface area contributed by atoms with Gasteiger partial charge in [0, 0.05) is 5.57 Å². The van der Waals surface area contributed by atoms with Gasteiger partial charge in [-0.05, 0) is 36.5 Å². The predicted octanol–water partition coefficient (Wildman–Crippen LogP) is 1.93. The number of hydrogen-bond acceptors (Lipinski definition) is 2. The minimum absolute atomic E-state index is 0.126. The number of hydrogen-bond donors (Lipinski definition) is 0. The SMILES string of the molecule is COC(=O)C1=CC2C3C=CC(C3)C2C1. The second kappa shape index (κ2) is 2.72. The summed E-state index contributed by atoms with van der Waals surface area (Å²) in [7, 11) is 1.46. The molecule has 4 unspecified atom stereocenters. The first-order valence-corrected chi connectivity index (χ1v) is 5.27. The summed E-state index contributed by atoms with van der Waals surface area (Å²) in [5.41, 5.74) is 0.904. The number of fused-ring (bicyclic) bond motifs is 5. The molecular formula is C12H14O2. The molecule has 3 rings (SSSR count). The van der Waals surface area contributed by atoms with Gasteiger partial charge in [0.1, 0.15) is 0 Å². The molecule has 0 aromatic heterocycles. The molecule has 0 heterocycles. The lowest BCUT2D eigenvalue weighted by molar-refractivity contribution is -0.136. The summed E-state index contributed by atoms with van der Waals surface area (Å²) in [6.45, 7) is 0. The van der Waals surface area contributed by atoms with Gasteiger partial charge in [-0.2, -0.15) is 0 Å². The maximum absolute atomic E-state index is 11.4. The summed E-state index contributed by atoms with van der Waals surface area (Å²) in [6, 6.07) is 0. The lowest BCUT2D eigenvalue weighted by atomic mass is 9.85. The van der Waals surface area contributed by atoms with Crippen molar-refractivity contribution in [1.29, 1.82) is 0 Å². The van der Waals surface area contributed by atoms with Crippen molar-refractivity contribution in [2.45, 2.75) is 12.8 Å². The number of carbonyl (C=O) groups excluding carboxylic acids is 1. The lowest BCUT2D eigenvalue weighted by Gasteiger charge is -2.19. The molecule has 2 bridgehead atoms. The molecule has 0 amide bonds. The standard InChI is InChI=1S/C12H14O2/c1-14-12(13)9-5-10-7-2-3-8(4-7)11(10)6-9/h2-3,5,7-8,10-11H,4,6H2,1H3. The van der Waals surface area contributed by atoms with E-state index in [1.165, 1.54) is 13.5 Å². The summed E-state index contributed by atoms with van der Waals surface area (Å²) in [4.78, 5) is 11.4. The van der Waals surface area contributed by atoms with Gasteiger partial charge in [-0.3, -0.25) is 0 Å². The van der Waals surface area contributed by atoms with E-state index in [9.17, 15) is 4.79 Å². The topological polar surface area (TPSA) is 26.3 Å². The molecule has 4 atom stereocenters. The minimum Gasteiger partial charge on any atom is -0.466 e. The van der Waals surface area contributed by atoms with Crippen molar-refractivity contribution in [3.63, 3.8) is 0 Å². The predicted molar refractivity (Wildman–Crippen MR) is 52.4 cm³/mol. The van der Waals surface area contributed by atoms with Gasteiger partial charge in [-0.25, -0.2) is 4.79 Å². The molecule has 3 aliphatic rings. The Bertz CT molecular complexity index is 340. The zero-order valence-corrected chi connectivity index (χ0v) is 8.27. The normalized spacial score (nSPS) is 42.5. The molecule has 2 nitrogen and oxygen atoms in total. The molecule has 3 aliphatic carbocycles. The lowest BCUT2D eigenvalue weighted by Crippen LogP contribution is -2.13. The summed E-state index contributed by atoms with van der Waals surface area (Å²) in [5, 5.41) is 0. The second-order valence-corrected chi connectivity index (χ2v) is 4.58. The third-order valence-electron chi connectivity index (χ3n) is 3.99.